The summed E-state index contributed by atoms with van der Waals surface area (Å²) >= 11 is 0. The maximum atomic E-state index is 11.0. The van der Waals surface area contributed by atoms with Crippen LogP contribution in [0, 0.1) is 4.91 Å². The number of hydrogen-bond donors (Lipinski definition) is 0. The van der Waals surface area contributed by atoms with E-state index in [0.29, 0.717) is 18.9 Å². The maximum Gasteiger partial charge on any atom is 0.131 e. The number of morpholine rings is 2. The Morgan fingerprint density at radius 3 is 2.10 bits per heavy atom. The molecule has 0 spiro atoms. The molecule has 2 heterocycles. The highest BCUT2D eigenvalue weighted by molar-refractivity contribution is 5.73. The maximum absolute atomic E-state index is 11.0. The van der Waals surface area contributed by atoms with E-state index in [1.807, 2.05) is 12.1 Å². The van der Waals surface area contributed by atoms with Crippen LogP contribution in [0.25, 0.3) is 0 Å². The number of nitroso groups, excluding NO2 is 1. The smallest absolute Gasteiger partial charge is 0.131 e. The summed E-state index contributed by atoms with van der Waals surface area (Å²) in [6, 6.07) is 5.84. The SMILES string of the molecule is O=Nc1ccc(N2CCOCC2)cc1N1CCOCC1. The molecule has 0 unspecified atom stereocenters. The highest BCUT2D eigenvalue weighted by Crippen LogP contribution is 2.33. The minimum atomic E-state index is 0.504. The average Bonchev–Trinajstić information content (AvgIpc) is 2.56. The van der Waals surface area contributed by atoms with Gasteiger partial charge in [0.1, 0.15) is 5.69 Å². The van der Waals surface area contributed by atoms with Gasteiger partial charge in [-0.05, 0) is 23.4 Å². The van der Waals surface area contributed by atoms with E-state index in [1.54, 1.807) is 0 Å². The predicted molar refractivity (Wildman–Crippen MR) is 78.0 cm³/mol. The van der Waals surface area contributed by atoms with Crippen molar-refractivity contribution in [3.05, 3.63) is 23.1 Å². The Morgan fingerprint density at radius 2 is 1.50 bits per heavy atom. The molecule has 0 saturated carbocycles. The summed E-state index contributed by atoms with van der Waals surface area (Å²) in [5.41, 5.74) is 2.54. The van der Waals surface area contributed by atoms with Crippen LogP contribution in [0.4, 0.5) is 17.1 Å². The average molecular weight is 277 g/mol. The zero-order valence-electron chi connectivity index (χ0n) is 11.5. The molecular weight excluding hydrogens is 258 g/mol. The lowest BCUT2D eigenvalue weighted by atomic mass is 10.2. The topological polar surface area (TPSA) is 54.4 Å². The fourth-order valence-electron chi connectivity index (χ4n) is 2.66. The van der Waals surface area contributed by atoms with Crippen LogP contribution in [-0.4, -0.2) is 52.6 Å². The van der Waals surface area contributed by atoms with Gasteiger partial charge in [0.15, 0.2) is 0 Å². The van der Waals surface area contributed by atoms with E-state index in [0.717, 1.165) is 50.8 Å². The molecule has 2 aliphatic rings. The van der Waals surface area contributed by atoms with Crippen LogP contribution in [0.5, 0.6) is 0 Å². The molecule has 6 heteroatoms. The van der Waals surface area contributed by atoms with Crippen LogP contribution in [-0.2, 0) is 9.47 Å². The Morgan fingerprint density at radius 1 is 0.900 bits per heavy atom. The first-order valence-corrected chi connectivity index (χ1v) is 7.01. The first-order valence-electron chi connectivity index (χ1n) is 7.01. The van der Waals surface area contributed by atoms with Gasteiger partial charge in [0.05, 0.1) is 32.1 Å². The molecule has 20 heavy (non-hydrogen) atoms. The van der Waals surface area contributed by atoms with Crippen molar-refractivity contribution in [1.82, 2.24) is 0 Å². The molecule has 0 aromatic heterocycles. The highest BCUT2D eigenvalue weighted by Gasteiger charge is 2.18. The van der Waals surface area contributed by atoms with Gasteiger partial charge in [-0.1, -0.05) is 0 Å². The number of nitrogens with zero attached hydrogens (tertiary/aromatic N) is 3. The van der Waals surface area contributed by atoms with E-state index in [9.17, 15) is 4.91 Å². The van der Waals surface area contributed by atoms with E-state index < -0.39 is 0 Å². The minimum absolute atomic E-state index is 0.504. The van der Waals surface area contributed by atoms with Crippen LogP contribution in [0.15, 0.2) is 23.4 Å². The quantitative estimate of drug-likeness (QED) is 0.788. The van der Waals surface area contributed by atoms with Gasteiger partial charge in [-0.2, -0.15) is 0 Å². The summed E-state index contributed by atoms with van der Waals surface area (Å²) in [6.07, 6.45) is 0. The lowest BCUT2D eigenvalue weighted by molar-refractivity contribution is 0.122. The molecule has 2 aliphatic heterocycles. The molecule has 6 nitrogen and oxygen atoms in total. The lowest BCUT2D eigenvalue weighted by Gasteiger charge is -2.32. The Labute approximate surface area is 118 Å². The van der Waals surface area contributed by atoms with Crippen molar-refractivity contribution in [3.63, 3.8) is 0 Å². The van der Waals surface area contributed by atoms with Crippen molar-refractivity contribution in [3.8, 4) is 0 Å². The van der Waals surface area contributed by atoms with Gasteiger partial charge < -0.3 is 19.3 Å². The predicted octanol–water partition coefficient (Wildman–Crippen LogP) is 1.76. The monoisotopic (exact) mass is 277 g/mol. The largest absolute Gasteiger partial charge is 0.378 e. The standard InChI is InChI=1S/C14H19N3O3/c18-15-13-2-1-12(16-3-7-19-8-4-16)11-14(13)17-5-9-20-10-6-17/h1-2,11H,3-10H2. The van der Waals surface area contributed by atoms with Crippen LogP contribution in [0.3, 0.4) is 0 Å². The molecule has 3 rings (SSSR count). The number of ether oxygens (including phenoxy) is 2. The molecule has 2 fully saturated rings. The fraction of sp³-hybridized carbons (Fsp3) is 0.571. The molecule has 0 bridgehead atoms. The number of benzene rings is 1. The second-order valence-corrected chi connectivity index (χ2v) is 4.96. The summed E-state index contributed by atoms with van der Waals surface area (Å²) in [6.45, 7) is 6.26. The third-order valence-electron chi connectivity index (χ3n) is 3.79. The van der Waals surface area contributed by atoms with Crippen molar-refractivity contribution in [2.75, 3.05) is 62.4 Å². The number of rotatable bonds is 3. The highest BCUT2D eigenvalue weighted by atomic mass is 16.5. The van der Waals surface area contributed by atoms with Crippen LogP contribution >= 0.6 is 0 Å². The zero-order valence-corrected chi connectivity index (χ0v) is 11.5. The van der Waals surface area contributed by atoms with E-state index in [-0.39, 0.29) is 0 Å². The Kier molecular flexibility index (Phi) is 4.13. The van der Waals surface area contributed by atoms with Crippen molar-refractivity contribution in [1.29, 1.82) is 0 Å². The van der Waals surface area contributed by atoms with Gasteiger partial charge in [0.25, 0.3) is 0 Å². The summed E-state index contributed by atoms with van der Waals surface area (Å²) in [5, 5.41) is 3.16. The minimum Gasteiger partial charge on any atom is -0.378 e. The van der Waals surface area contributed by atoms with Gasteiger partial charge in [-0.15, -0.1) is 4.91 Å². The van der Waals surface area contributed by atoms with E-state index in [2.05, 4.69) is 21.0 Å². The number of hydrogen-bond acceptors (Lipinski definition) is 6. The summed E-state index contributed by atoms with van der Waals surface area (Å²) in [7, 11) is 0. The first-order chi connectivity index (χ1) is 9.88. The van der Waals surface area contributed by atoms with E-state index in [4.69, 9.17) is 9.47 Å². The Balaban J connectivity index is 1.87. The Bertz CT molecular complexity index is 469. The van der Waals surface area contributed by atoms with E-state index in [1.165, 1.54) is 0 Å². The normalized spacial score (nSPS) is 20.0. The third kappa shape index (κ3) is 2.76. The van der Waals surface area contributed by atoms with Gasteiger partial charge >= 0.3 is 0 Å². The molecule has 0 amide bonds. The van der Waals surface area contributed by atoms with Crippen LogP contribution in [0.2, 0.25) is 0 Å². The molecule has 0 N–H and O–H groups in total. The molecule has 0 radical (unpaired) electrons. The molecule has 0 atom stereocenters. The van der Waals surface area contributed by atoms with Crippen molar-refractivity contribution in [2.24, 2.45) is 5.18 Å². The van der Waals surface area contributed by atoms with E-state index >= 15 is 0 Å². The van der Waals surface area contributed by atoms with Gasteiger partial charge in [-0.25, -0.2) is 0 Å². The molecular formula is C14H19N3O3. The van der Waals surface area contributed by atoms with Crippen LogP contribution < -0.4 is 9.80 Å². The second-order valence-electron chi connectivity index (χ2n) is 4.96. The number of anilines is 2. The molecule has 108 valence electrons. The van der Waals surface area contributed by atoms with Crippen molar-refractivity contribution in [2.45, 2.75) is 0 Å². The Hall–Kier alpha value is -1.66. The second kappa shape index (κ2) is 6.19. The third-order valence-corrected chi connectivity index (χ3v) is 3.79. The molecule has 1 aromatic carbocycles. The fourth-order valence-corrected chi connectivity index (χ4v) is 2.66. The lowest BCUT2D eigenvalue weighted by Crippen LogP contribution is -2.37. The molecule has 0 aliphatic carbocycles. The molecule has 1 aromatic rings. The van der Waals surface area contributed by atoms with Crippen molar-refractivity contribution < 1.29 is 9.47 Å². The zero-order chi connectivity index (χ0) is 13.8. The first kappa shape index (κ1) is 13.3. The summed E-state index contributed by atoms with van der Waals surface area (Å²) in [5.74, 6) is 0. The summed E-state index contributed by atoms with van der Waals surface area (Å²) in [4.78, 5) is 15.5. The summed E-state index contributed by atoms with van der Waals surface area (Å²) < 4.78 is 10.7. The van der Waals surface area contributed by atoms with Gasteiger partial charge in [0.2, 0.25) is 0 Å². The van der Waals surface area contributed by atoms with Gasteiger partial charge in [0, 0.05) is 31.9 Å². The van der Waals surface area contributed by atoms with Crippen molar-refractivity contribution >= 4 is 17.1 Å². The van der Waals surface area contributed by atoms with Crippen LogP contribution in [0.1, 0.15) is 0 Å². The molecule has 2 saturated heterocycles. The van der Waals surface area contributed by atoms with Gasteiger partial charge in [-0.3, -0.25) is 0 Å².